The zero-order chi connectivity index (χ0) is 25.0. The molecule has 0 bridgehead atoms. The monoisotopic (exact) mass is 459 g/mol. The molecule has 0 fully saturated rings. The molecular formula is C34H37N. The van der Waals surface area contributed by atoms with Crippen LogP contribution in [0.4, 0.5) is 11.4 Å². The first-order chi connectivity index (χ1) is 16.6. The minimum Gasteiger partial charge on any atom is -0.335 e. The van der Waals surface area contributed by atoms with Crippen molar-refractivity contribution in [3.63, 3.8) is 0 Å². The van der Waals surface area contributed by atoms with Crippen LogP contribution in [-0.4, -0.2) is 5.54 Å². The number of anilines is 2. The van der Waals surface area contributed by atoms with Gasteiger partial charge in [0, 0.05) is 27.9 Å². The van der Waals surface area contributed by atoms with Gasteiger partial charge in [-0.3, -0.25) is 0 Å². The Morgan fingerprint density at radius 1 is 0.629 bits per heavy atom. The summed E-state index contributed by atoms with van der Waals surface area (Å²) in [5.74, 6) is 0.385. The summed E-state index contributed by atoms with van der Waals surface area (Å²) in [6.07, 6.45) is 0. The lowest BCUT2D eigenvalue weighted by Crippen LogP contribution is -2.38. The fourth-order valence-corrected chi connectivity index (χ4v) is 5.97. The van der Waals surface area contributed by atoms with Gasteiger partial charge in [0.2, 0.25) is 0 Å². The summed E-state index contributed by atoms with van der Waals surface area (Å²) in [5.41, 5.74) is 12.1. The molecule has 0 aromatic heterocycles. The van der Waals surface area contributed by atoms with Crippen LogP contribution in [0.3, 0.4) is 0 Å². The Morgan fingerprint density at radius 2 is 1.23 bits per heavy atom. The Kier molecular flexibility index (Phi) is 5.63. The molecule has 0 unspecified atom stereocenters. The summed E-state index contributed by atoms with van der Waals surface area (Å²) in [6.45, 7) is 16.4. The van der Waals surface area contributed by atoms with E-state index in [1.807, 2.05) is 0 Å². The Bertz CT molecular complexity index is 1370. The Labute approximate surface area is 211 Å². The number of rotatable bonds is 4. The van der Waals surface area contributed by atoms with Gasteiger partial charge in [0.1, 0.15) is 0 Å². The van der Waals surface area contributed by atoms with E-state index in [1.165, 1.54) is 50.3 Å². The van der Waals surface area contributed by atoms with Crippen LogP contribution in [0.25, 0.3) is 22.3 Å². The summed E-state index contributed by atoms with van der Waals surface area (Å²) in [6, 6.07) is 33.4. The van der Waals surface area contributed by atoms with E-state index < -0.39 is 0 Å². The van der Waals surface area contributed by atoms with Gasteiger partial charge in [-0.2, -0.15) is 0 Å². The maximum absolute atomic E-state index is 2.57. The smallest absolute Gasteiger partial charge is 0.0495 e. The van der Waals surface area contributed by atoms with Crippen molar-refractivity contribution in [3.05, 3.63) is 108 Å². The average Bonchev–Trinajstić information content (AvgIpc) is 3.06. The van der Waals surface area contributed by atoms with Crippen molar-refractivity contribution in [1.29, 1.82) is 0 Å². The highest BCUT2D eigenvalue weighted by Gasteiger charge is 2.39. The molecule has 1 aliphatic rings. The molecule has 0 saturated heterocycles. The second kappa shape index (κ2) is 8.41. The highest BCUT2D eigenvalue weighted by molar-refractivity contribution is 5.91. The Balaban J connectivity index is 1.82. The van der Waals surface area contributed by atoms with E-state index in [-0.39, 0.29) is 11.0 Å². The van der Waals surface area contributed by atoms with Crippen LogP contribution < -0.4 is 4.90 Å². The van der Waals surface area contributed by atoms with Crippen LogP contribution in [0.2, 0.25) is 0 Å². The fraction of sp³-hybridized carbons (Fsp3) is 0.294. The highest BCUT2D eigenvalue weighted by Crippen LogP contribution is 2.54. The summed E-state index contributed by atoms with van der Waals surface area (Å²) in [7, 11) is 0. The van der Waals surface area contributed by atoms with Crippen LogP contribution >= 0.6 is 0 Å². The molecule has 0 heterocycles. The second-order valence-corrected chi connectivity index (χ2v) is 11.6. The number of nitrogens with zero attached hydrogens (tertiary/aromatic N) is 1. The number of benzene rings is 4. The summed E-state index contributed by atoms with van der Waals surface area (Å²) >= 11 is 0. The van der Waals surface area contributed by atoms with Crippen molar-refractivity contribution in [2.45, 2.75) is 65.3 Å². The molecule has 4 aromatic carbocycles. The third-order valence-corrected chi connectivity index (χ3v) is 7.48. The number of para-hydroxylation sites is 1. The third kappa shape index (κ3) is 3.78. The van der Waals surface area contributed by atoms with Gasteiger partial charge < -0.3 is 4.90 Å². The lowest BCUT2D eigenvalue weighted by atomic mass is 9.81. The molecule has 1 nitrogen and oxygen atoms in total. The number of hydrogen-bond donors (Lipinski definition) is 0. The van der Waals surface area contributed by atoms with Gasteiger partial charge in [-0.25, -0.2) is 0 Å². The highest BCUT2D eigenvalue weighted by atomic mass is 15.2. The maximum Gasteiger partial charge on any atom is 0.0495 e. The molecule has 0 aliphatic heterocycles. The van der Waals surface area contributed by atoms with Crippen molar-refractivity contribution in [1.82, 2.24) is 0 Å². The number of fused-ring (bicyclic) bond motifs is 3. The van der Waals surface area contributed by atoms with Crippen LogP contribution in [0.5, 0.6) is 0 Å². The topological polar surface area (TPSA) is 3.24 Å². The fourth-order valence-electron chi connectivity index (χ4n) is 5.97. The number of hydrogen-bond acceptors (Lipinski definition) is 1. The van der Waals surface area contributed by atoms with Gasteiger partial charge in [0.25, 0.3) is 0 Å². The minimum atomic E-state index is -0.115. The van der Waals surface area contributed by atoms with Crippen LogP contribution in [-0.2, 0) is 5.41 Å². The first-order valence-electron chi connectivity index (χ1n) is 12.8. The molecule has 0 atom stereocenters. The molecule has 1 aliphatic carbocycles. The quantitative estimate of drug-likeness (QED) is 0.293. The van der Waals surface area contributed by atoms with Crippen molar-refractivity contribution in [2.75, 3.05) is 4.90 Å². The van der Waals surface area contributed by atoms with Gasteiger partial charge in [-0.15, -0.1) is 0 Å². The Hall–Kier alpha value is -3.32. The maximum atomic E-state index is 2.57. The first kappa shape index (κ1) is 23.4. The van der Waals surface area contributed by atoms with Crippen molar-refractivity contribution in [2.24, 2.45) is 0 Å². The van der Waals surface area contributed by atoms with Gasteiger partial charge in [0.15, 0.2) is 0 Å². The molecule has 0 spiro atoms. The molecule has 4 aromatic rings. The van der Waals surface area contributed by atoms with E-state index in [4.69, 9.17) is 0 Å². The van der Waals surface area contributed by atoms with Gasteiger partial charge in [-0.1, -0.05) is 107 Å². The summed E-state index contributed by atoms with van der Waals surface area (Å²) in [5, 5.41) is 0. The van der Waals surface area contributed by atoms with Gasteiger partial charge in [0.05, 0.1) is 0 Å². The average molecular weight is 460 g/mol. The molecule has 0 saturated carbocycles. The largest absolute Gasteiger partial charge is 0.335 e. The third-order valence-electron chi connectivity index (χ3n) is 7.48. The molecule has 0 radical (unpaired) electrons. The van der Waals surface area contributed by atoms with Crippen molar-refractivity contribution >= 4 is 11.4 Å². The van der Waals surface area contributed by atoms with E-state index in [9.17, 15) is 0 Å². The molecule has 178 valence electrons. The van der Waals surface area contributed by atoms with E-state index in [2.05, 4.69) is 144 Å². The van der Waals surface area contributed by atoms with Crippen LogP contribution in [0, 0.1) is 0 Å². The van der Waals surface area contributed by atoms with Crippen LogP contribution in [0.15, 0.2) is 91.0 Å². The SMILES string of the molecule is CC(C)c1c(N(c2ccccc2-c2ccccc2)C(C)(C)C)ccc2c1-c1ccccc1C2(C)C. The zero-order valence-corrected chi connectivity index (χ0v) is 22.2. The molecule has 35 heavy (non-hydrogen) atoms. The zero-order valence-electron chi connectivity index (χ0n) is 22.2. The molecule has 5 rings (SSSR count). The second-order valence-electron chi connectivity index (χ2n) is 11.6. The summed E-state index contributed by atoms with van der Waals surface area (Å²) < 4.78 is 0. The lowest BCUT2D eigenvalue weighted by molar-refractivity contribution is 0.558. The van der Waals surface area contributed by atoms with E-state index in [0.717, 1.165) is 0 Å². The van der Waals surface area contributed by atoms with Crippen LogP contribution in [0.1, 0.15) is 71.1 Å². The summed E-state index contributed by atoms with van der Waals surface area (Å²) in [4.78, 5) is 2.57. The predicted octanol–water partition coefficient (Wildman–Crippen LogP) is 9.72. The first-order valence-corrected chi connectivity index (χ1v) is 12.8. The minimum absolute atomic E-state index is 0.00258. The molecule has 0 amide bonds. The van der Waals surface area contributed by atoms with Gasteiger partial charge in [-0.05, 0) is 72.2 Å². The molecule has 1 heteroatoms. The van der Waals surface area contributed by atoms with E-state index >= 15 is 0 Å². The van der Waals surface area contributed by atoms with Crippen molar-refractivity contribution < 1.29 is 0 Å². The standard InChI is InChI=1S/C34H37N/c1-23(2)31-30(22-21-28-32(31)26-18-11-13-19-27(26)34(28,6)7)35(33(3,4)5)29-20-14-12-17-25(29)24-15-9-8-10-16-24/h8-23H,1-7H3. The molecule has 0 N–H and O–H groups in total. The predicted molar refractivity (Wildman–Crippen MR) is 152 cm³/mol. The normalized spacial score (nSPS) is 14.1. The lowest BCUT2D eigenvalue weighted by Gasteiger charge is -2.41. The van der Waals surface area contributed by atoms with Gasteiger partial charge >= 0.3 is 0 Å². The van der Waals surface area contributed by atoms with Crippen molar-refractivity contribution in [3.8, 4) is 22.3 Å². The van der Waals surface area contributed by atoms with E-state index in [1.54, 1.807) is 0 Å². The molecular weight excluding hydrogens is 422 g/mol. The van der Waals surface area contributed by atoms with E-state index in [0.29, 0.717) is 5.92 Å². The Morgan fingerprint density at radius 3 is 1.89 bits per heavy atom.